The van der Waals surface area contributed by atoms with E-state index in [1.165, 1.54) is 43.3 Å². The normalized spacial score (nSPS) is 20.0. The van der Waals surface area contributed by atoms with Crippen LogP contribution in [0.3, 0.4) is 0 Å². The lowest BCUT2D eigenvalue weighted by molar-refractivity contribution is -0.199. The van der Waals surface area contributed by atoms with Crippen LogP contribution in [0.5, 0.6) is 0 Å². The second kappa shape index (κ2) is 8.18. The second-order valence-corrected chi connectivity index (χ2v) is 8.54. The molecule has 172 valence electrons. The molecular formula is C23H21F3N4O3. The van der Waals surface area contributed by atoms with E-state index in [0.717, 1.165) is 24.4 Å². The van der Waals surface area contributed by atoms with Crippen molar-refractivity contribution in [3.05, 3.63) is 59.8 Å². The van der Waals surface area contributed by atoms with Crippen molar-refractivity contribution in [3.63, 3.8) is 0 Å². The number of benzene rings is 2. The first-order valence-corrected chi connectivity index (χ1v) is 10.7. The predicted octanol–water partition coefficient (Wildman–Crippen LogP) is 4.09. The van der Waals surface area contributed by atoms with Gasteiger partial charge in [0.2, 0.25) is 0 Å². The van der Waals surface area contributed by atoms with E-state index in [-0.39, 0.29) is 17.2 Å². The van der Waals surface area contributed by atoms with Gasteiger partial charge in [-0.05, 0) is 67.6 Å². The molecule has 2 fully saturated rings. The first-order chi connectivity index (χ1) is 15.8. The molecule has 2 aromatic carbocycles. The van der Waals surface area contributed by atoms with Crippen molar-refractivity contribution < 1.29 is 27.6 Å². The third kappa shape index (κ3) is 4.70. The van der Waals surface area contributed by atoms with Crippen molar-refractivity contribution in [3.8, 4) is 0 Å². The van der Waals surface area contributed by atoms with Crippen LogP contribution in [-0.2, 0) is 9.63 Å². The summed E-state index contributed by atoms with van der Waals surface area (Å²) in [7, 11) is 0. The minimum absolute atomic E-state index is 0.0210. The Morgan fingerprint density at radius 2 is 2.00 bits per heavy atom. The highest BCUT2D eigenvalue weighted by Crippen LogP contribution is 2.42. The number of H-pyrrole nitrogens is 1. The third-order valence-electron chi connectivity index (χ3n) is 5.97. The van der Waals surface area contributed by atoms with E-state index in [0.29, 0.717) is 22.0 Å². The van der Waals surface area contributed by atoms with E-state index >= 15 is 0 Å². The number of aromatic amines is 1. The topological polar surface area (TPSA) is 87.3 Å². The van der Waals surface area contributed by atoms with Crippen molar-refractivity contribution in [2.45, 2.75) is 37.4 Å². The largest absolute Gasteiger partial charge is 0.493 e. The van der Waals surface area contributed by atoms with Crippen LogP contribution in [-0.4, -0.2) is 40.8 Å². The summed E-state index contributed by atoms with van der Waals surface area (Å²) in [5.74, 6) is -2.36. The molecule has 1 heterocycles. The highest BCUT2D eigenvalue weighted by Gasteiger charge is 2.44. The van der Waals surface area contributed by atoms with Crippen LogP contribution in [0.25, 0.3) is 10.9 Å². The van der Waals surface area contributed by atoms with Crippen LogP contribution in [0.1, 0.15) is 41.1 Å². The maximum Gasteiger partial charge on any atom is 0.493 e. The number of carbonyl (C=O) groups is 2. The van der Waals surface area contributed by atoms with Crippen LogP contribution >= 0.6 is 0 Å². The number of nitrogens with one attached hydrogen (secondary N) is 2. The molecule has 0 radical (unpaired) electrons. The monoisotopic (exact) mass is 458 g/mol. The molecule has 7 nitrogen and oxygen atoms in total. The zero-order chi connectivity index (χ0) is 23.2. The summed E-state index contributed by atoms with van der Waals surface area (Å²) in [6.45, 7) is 0.984. The highest BCUT2D eigenvalue weighted by molar-refractivity contribution is 6.06. The molecule has 10 heteroatoms. The van der Waals surface area contributed by atoms with E-state index in [2.05, 4.69) is 20.4 Å². The number of fused-ring (bicyclic) bond motifs is 1. The van der Waals surface area contributed by atoms with E-state index in [4.69, 9.17) is 0 Å². The van der Waals surface area contributed by atoms with Gasteiger partial charge in [0.15, 0.2) is 0 Å². The van der Waals surface area contributed by atoms with Crippen LogP contribution in [0, 0.1) is 5.92 Å². The van der Waals surface area contributed by atoms with E-state index in [9.17, 15) is 22.8 Å². The molecule has 2 atom stereocenters. The number of carbonyl (C=O) groups excluding carboxylic acids is 2. The Balaban J connectivity index is 1.40. The van der Waals surface area contributed by atoms with Crippen LogP contribution in [0.2, 0.25) is 0 Å². The number of anilines is 1. The Hall–Kier alpha value is -3.40. The lowest BCUT2D eigenvalue weighted by Crippen LogP contribution is -2.38. The molecule has 0 bridgehead atoms. The van der Waals surface area contributed by atoms with Crippen molar-refractivity contribution in [2.24, 2.45) is 5.92 Å². The Labute approximate surface area is 186 Å². The lowest BCUT2D eigenvalue weighted by atomic mass is 10.1. The van der Waals surface area contributed by atoms with Crippen molar-refractivity contribution >= 4 is 28.5 Å². The molecule has 3 aromatic rings. The van der Waals surface area contributed by atoms with E-state index in [1.54, 1.807) is 12.1 Å². The van der Waals surface area contributed by atoms with Gasteiger partial charge in [0.05, 0.1) is 17.4 Å². The maximum absolute atomic E-state index is 13.2. The first-order valence-electron chi connectivity index (χ1n) is 10.7. The van der Waals surface area contributed by atoms with Gasteiger partial charge in [0.1, 0.15) is 0 Å². The van der Waals surface area contributed by atoms with Crippen LogP contribution in [0.4, 0.5) is 18.9 Å². The molecule has 5 rings (SSSR count). The third-order valence-corrected chi connectivity index (χ3v) is 5.97. The average Bonchev–Trinajstić information content (AvgIpc) is 3.71. The molecule has 2 saturated carbocycles. The summed E-state index contributed by atoms with van der Waals surface area (Å²) in [6, 6.07) is 11.4. The quantitative estimate of drug-likeness (QED) is 0.544. The smallest absolute Gasteiger partial charge is 0.324 e. The molecule has 2 N–H and O–H groups in total. The Morgan fingerprint density at radius 1 is 1.18 bits per heavy atom. The SMILES string of the molecule is O=C(c1cccc(C2CC2NCC2CC2)c1)N(OC(=O)C(F)(F)F)c1ccc2[nH]ncc2c1. The van der Waals surface area contributed by atoms with Crippen LogP contribution < -0.4 is 10.4 Å². The standard InChI is InChI=1S/C23H21F3N4O3/c24-23(25,26)22(32)33-30(17-6-7-19-16(9-17)12-28-29-19)21(31)15-3-1-2-14(8-15)18-10-20(18)27-11-13-4-5-13/h1-3,6-9,12-13,18,20,27H,4-5,10-11H2,(H,28,29). The minimum atomic E-state index is -5.26. The summed E-state index contributed by atoms with van der Waals surface area (Å²) < 4.78 is 38.7. The fourth-order valence-corrected chi connectivity index (χ4v) is 3.85. The minimum Gasteiger partial charge on any atom is -0.324 e. The summed E-state index contributed by atoms with van der Waals surface area (Å²) in [4.78, 5) is 29.3. The van der Waals surface area contributed by atoms with Crippen molar-refractivity contribution in [2.75, 3.05) is 11.6 Å². The van der Waals surface area contributed by atoms with Crippen LogP contribution in [0.15, 0.2) is 48.7 Å². The molecule has 1 amide bonds. The fourth-order valence-electron chi connectivity index (χ4n) is 3.85. The summed E-state index contributed by atoms with van der Waals surface area (Å²) in [5, 5.41) is 11.0. The van der Waals surface area contributed by atoms with E-state index in [1.807, 2.05) is 6.07 Å². The molecule has 0 spiro atoms. The molecule has 1 aromatic heterocycles. The number of hydrogen-bond acceptors (Lipinski definition) is 5. The van der Waals surface area contributed by atoms with Gasteiger partial charge >= 0.3 is 12.1 Å². The number of amides is 1. The number of rotatable bonds is 6. The van der Waals surface area contributed by atoms with E-state index < -0.39 is 18.1 Å². The molecule has 0 aliphatic heterocycles. The lowest BCUT2D eigenvalue weighted by Gasteiger charge is -2.22. The summed E-state index contributed by atoms with van der Waals surface area (Å²) in [5.41, 5.74) is 1.64. The van der Waals surface area contributed by atoms with Gasteiger partial charge in [-0.1, -0.05) is 12.1 Å². The van der Waals surface area contributed by atoms with Gasteiger partial charge in [0, 0.05) is 22.9 Å². The van der Waals surface area contributed by atoms with Gasteiger partial charge in [-0.15, -0.1) is 5.06 Å². The fraction of sp³-hybridized carbons (Fsp3) is 0.348. The zero-order valence-corrected chi connectivity index (χ0v) is 17.4. The number of hydroxylamine groups is 1. The zero-order valence-electron chi connectivity index (χ0n) is 17.4. The van der Waals surface area contributed by atoms with Gasteiger partial charge in [0.25, 0.3) is 5.91 Å². The molecule has 2 unspecified atom stereocenters. The van der Waals surface area contributed by atoms with Gasteiger partial charge in [-0.25, -0.2) is 4.79 Å². The summed E-state index contributed by atoms with van der Waals surface area (Å²) >= 11 is 0. The Kier molecular flexibility index (Phi) is 5.32. The number of nitrogens with zero attached hydrogens (tertiary/aromatic N) is 2. The molecule has 2 aliphatic rings. The van der Waals surface area contributed by atoms with Gasteiger partial charge in [-0.3, -0.25) is 9.89 Å². The molecular weight excluding hydrogens is 437 g/mol. The number of hydrogen-bond donors (Lipinski definition) is 2. The molecule has 0 saturated heterocycles. The van der Waals surface area contributed by atoms with Gasteiger partial charge < -0.3 is 10.2 Å². The maximum atomic E-state index is 13.2. The average molecular weight is 458 g/mol. The van der Waals surface area contributed by atoms with Crippen molar-refractivity contribution in [1.82, 2.24) is 15.5 Å². The number of halogens is 3. The first kappa shape index (κ1) is 21.4. The highest BCUT2D eigenvalue weighted by atomic mass is 19.4. The van der Waals surface area contributed by atoms with Crippen molar-refractivity contribution in [1.29, 1.82) is 0 Å². The van der Waals surface area contributed by atoms with Gasteiger partial charge in [-0.2, -0.15) is 18.3 Å². The number of alkyl halides is 3. The molecule has 2 aliphatic carbocycles. The second-order valence-electron chi connectivity index (χ2n) is 8.54. The number of aromatic nitrogens is 2. The molecule has 33 heavy (non-hydrogen) atoms. The summed E-state index contributed by atoms with van der Waals surface area (Å²) in [6.07, 6.45) is -0.352. The predicted molar refractivity (Wildman–Crippen MR) is 113 cm³/mol. The Morgan fingerprint density at radius 3 is 2.76 bits per heavy atom. The Bertz CT molecular complexity index is 1200.